The van der Waals surface area contributed by atoms with E-state index in [-0.39, 0.29) is 5.76 Å². The smallest absolute Gasteiger partial charge is 0.380 e. The average molecular weight is 457 g/mol. The molecule has 8 nitrogen and oxygen atoms in total. The standard InChI is InChI=1S/C20H17BrN4O4/c1-10-16-13(24-25-20(22)27)5-2-6-14(16)28-18(10)19(26)29-15-8-7-12(21)11-4-3-9-23-17(11)15/h3-4,7-9H,2,5-6H2,1H3,(H3,22,25,27)/b24-13+. The number of benzene rings is 1. The van der Waals surface area contributed by atoms with Crippen LogP contribution in [0.1, 0.15) is 40.3 Å². The maximum Gasteiger partial charge on any atom is 0.380 e. The molecule has 0 bridgehead atoms. The second-order valence-corrected chi connectivity index (χ2v) is 7.43. The number of fused-ring (bicyclic) bond motifs is 2. The molecule has 0 aliphatic heterocycles. The summed E-state index contributed by atoms with van der Waals surface area (Å²) in [4.78, 5) is 28.2. The zero-order chi connectivity index (χ0) is 20.5. The van der Waals surface area contributed by atoms with E-state index in [1.165, 1.54) is 0 Å². The number of nitrogens with two attached hydrogens (primary N) is 1. The van der Waals surface area contributed by atoms with Crippen LogP contribution in [0.25, 0.3) is 10.9 Å². The van der Waals surface area contributed by atoms with Gasteiger partial charge in [0.1, 0.15) is 11.3 Å². The van der Waals surface area contributed by atoms with Crippen LogP contribution in [0, 0.1) is 6.92 Å². The lowest BCUT2D eigenvalue weighted by molar-refractivity contribution is 0.0700. The lowest BCUT2D eigenvalue weighted by atomic mass is 9.93. The number of aromatic nitrogens is 1. The third-order valence-electron chi connectivity index (χ3n) is 4.69. The number of esters is 1. The Balaban J connectivity index is 1.69. The lowest BCUT2D eigenvalue weighted by Gasteiger charge is -2.13. The van der Waals surface area contributed by atoms with E-state index in [9.17, 15) is 9.59 Å². The van der Waals surface area contributed by atoms with Gasteiger partial charge < -0.3 is 14.9 Å². The van der Waals surface area contributed by atoms with Crippen LogP contribution in [-0.2, 0) is 6.42 Å². The number of hydrogen-bond donors (Lipinski definition) is 2. The molecule has 0 atom stereocenters. The quantitative estimate of drug-likeness (QED) is 0.352. The molecular weight excluding hydrogens is 440 g/mol. The number of hydrazone groups is 1. The minimum absolute atomic E-state index is 0.107. The lowest BCUT2D eigenvalue weighted by Crippen LogP contribution is -2.27. The Kier molecular flexibility index (Phi) is 5.06. The first-order valence-corrected chi connectivity index (χ1v) is 9.75. The van der Waals surface area contributed by atoms with E-state index in [1.807, 2.05) is 12.1 Å². The molecule has 29 heavy (non-hydrogen) atoms. The predicted molar refractivity (Wildman–Crippen MR) is 110 cm³/mol. The van der Waals surface area contributed by atoms with Gasteiger partial charge in [0.2, 0.25) is 5.76 Å². The number of aryl methyl sites for hydroxylation is 1. The molecule has 3 N–H and O–H groups in total. The molecule has 1 aliphatic rings. The number of rotatable bonds is 3. The van der Waals surface area contributed by atoms with Crippen LogP contribution in [0.2, 0.25) is 0 Å². The van der Waals surface area contributed by atoms with E-state index >= 15 is 0 Å². The van der Waals surface area contributed by atoms with Gasteiger partial charge in [0, 0.05) is 33.6 Å². The number of primary amides is 1. The third kappa shape index (κ3) is 3.61. The van der Waals surface area contributed by atoms with Gasteiger partial charge in [-0.25, -0.2) is 15.0 Å². The summed E-state index contributed by atoms with van der Waals surface area (Å²) < 4.78 is 12.3. The van der Waals surface area contributed by atoms with Gasteiger partial charge in [-0.1, -0.05) is 22.0 Å². The van der Waals surface area contributed by atoms with Crippen molar-refractivity contribution in [2.75, 3.05) is 0 Å². The van der Waals surface area contributed by atoms with Gasteiger partial charge in [0.25, 0.3) is 0 Å². The molecule has 2 amide bonds. The van der Waals surface area contributed by atoms with Crippen LogP contribution in [0.3, 0.4) is 0 Å². The number of nitrogens with zero attached hydrogens (tertiary/aromatic N) is 2. The van der Waals surface area contributed by atoms with Crippen molar-refractivity contribution >= 4 is 44.5 Å². The summed E-state index contributed by atoms with van der Waals surface area (Å²) in [5, 5.41) is 4.89. The van der Waals surface area contributed by atoms with Gasteiger partial charge in [-0.05, 0) is 38.0 Å². The van der Waals surface area contributed by atoms with E-state index < -0.39 is 12.0 Å². The Morgan fingerprint density at radius 3 is 2.93 bits per heavy atom. The zero-order valence-corrected chi connectivity index (χ0v) is 17.1. The summed E-state index contributed by atoms with van der Waals surface area (Å²) in [6.07, 6.45) is 3.73. The monoisotopic (exact) mass is 456 g/mol. The first-order valence-electron chi connectivity index (χ1n) is 8.95. The summed E-state index contributed by atoms with van der Waals surface area (Å²) in [5.74, 6) is 0.473. The van der Waals surface area contributed by atoms with Gasteiger partial charge in [0.05, 0.1) is 5.71 Å². The Morgan fingerprint density at radius 1 is 1.31 bits per heavy atom. The minimum atomic E-state index is -0.750. The van der Waals surface area contributed by atoms with Crippen LogP contribution in [0.5, 0.6) is 5.75 Å². The van der Waals surface area contributed by atoms with Crippen molar-refractivity contribution in [3.8, 4) is 5.75 Å². The molecule has 0 fully saturated rings. The summed E-state index contributed by atoms with van der Waals surface area (Å²) in [7, 11) is 0. The zero-order valence-electron chi connectivity index (χ0n) is 15.5. The Labute approximate surface area is 174 Å². The van der Waals surface area contributed by atoms with Crippen molar-refractivity contribution in [1.29, 1.82) is 0 Å². The van der Waals surface area contributed by atoms with E-state index in [0.717, 1.165) is 21.8 Å². The summed E-state index contributed by atoms with van der Waals surface area (Å²) in [5.41, 5.74) is 9.87. The van der Waals surface area contributed by atoms with Crippen LogP contribution in [0.4, 0.5) is 4.79 Å². The number of hydrogen-bond acceptors (Lipinski definition) is 6. The largest absolute Gasteiger partial charge is 0.453 e. The van der Waals surface area contributed by atoms with Crippen molar-refractivity contribution in [1.82, 2.24) is 10.4 Å². The molecule has 1 aliphatic carbocycles. The highest BCUT2D eigenvalue weighted by molar-refractivity contribution is 9.10. The van der Waals surface area contributed by atoms with Gasteiger partial charge in [-0.3, -0.25) is 4.98 Å². The molecule has 3 aromatic rings. The first kappa shape index (κ1) is 19.1. The Morgan fingerprint density at radius 2 is 2.14 bits per heavy atom. The number of pyridine rings is 1. The van der Waals surface area contributed by atoms with E-state index in [4.69, 9.17) is 14.9 Å². The van der Waals surface area contributed by atoms with E-state index in [0.29, 0.717) is 41.1 Å². The van der Waals surface area contributed by atoms with Gasteiger partial charge in [-0.15, -0.1) is 0 Å². The minimum Gasteiger partial charge on any atom is -0.453 e. The first-order chi connectivity index (χ1) is 14.0. The van der Waals surface area contributed by atoms with Crippen LogP contribution >= 0.6 is 15.9 Å². The van der Waals surface area contributed by atoms with Crippen molar-refractivity contribution in [3.05, 3.63) is 57.6 Å². The second kappa shape index (κ2) is 7.67. The number of carbonyl (C=O) groups excluding carboxylic acids is 2. The average Bonchev–Trinajstić information content (AvgIpc) is 3.06. The molecular formula is C20H17BrN4O4. The fourth-order valence-corrected chi connectivity index (χ4v) is 3.89. The predicted octanol–water partition coefficient (Wildman–Crippen LogP) is 3.83. The number of nitrogens with one attached hydrogen (secondary N) is 1. The third-order valence-corrected chi connectivity index (χ3v) is 5.39. The van der Waals surface area contributed by atoms with Gasteiger partial charge in [-0.2, -0.15) is 5.10 Å². The summed E-state index contributed by atoms with van der Waals surface area (Å²) >= 11 is 3.47. The maximum absolute atomic E-state index is 12.9. The highest BCUT2D eigenvalue weighted by Crippen LogP contribution is 2.33. The highest BCUT2D eigenvalue weighted by Gasteiger charge is 2.29. The molecule has 148 valence electrons. The molecule has 0 saturated carbocycles. The van der Waals surface area contributed by atoms with Gasteiger partial charge in [0.15, 0.2) is 5.75 Å². The van der Waals surface area contributed by atoms with E-state index in [1.54, 1.807) is 25.3 Å². The number of halogens is 1. The fraction of sp³-hybridized carbons (Fsp3) is 0.200. The number of ether oxygens (including phenoxy) is 1. The molecule has 0 unspecified atom stereocenters. The molecule has 4 rings (SSSR count). The number of carbonyl (C=O) groups is 2. The summed E-state index contributed by atoms with van der Waals surface area (Å²) in [6, 6.07) is 6.42. The number of furan rings is 1. The van der Waals surface area contributed by atoms with Gasteiger partial charge >= 0.3 is 12.0 Å². The molecule has 0 spiro atoms. The number of urea groups is 1. The maximum atomic E-state index is 12.9. The van der Waals surface area contributed by atoms with Crippen LogP contribution in [-0.4, -0.2) is 22.7 Å². The topological polar surface area (TPSA) is 120 Å². The molecule has 9 heteroatoms. The number of amides is 2. The van der Waals surface area contributed by atoms with Crippen LogP contribution in [0.15, 0.2) is 44.5 Å². The normalized spacial score (nSPS) is 14.6. The van der Waals surface area contributed by atoms with E-state index in [2.05, 4.69) is 31.4 Å². The van der Waals surface area contributed by atoms with Crippen molar-refractivity contribution in [3.63, 3.8) is 0 Å². The van der Waals surface area contributed by atoms with Crippen molar-refractivity contribution in [2.24, 2.45) is 10.8 Å². The second-order valence-electron chi connectivity index (χ2n) is 6.58. The SMILES string of the molecule is Cc1c(C(=O)Oc2ccc(Br)c3cccnc23)oc2c1/C(=N/NC(N)=O)CCC2. The fourth-order valence-electron chi connectivity index (χ4n) is 3.44. The molecule has 2 heterocycles. The molecule has 1 aromatic carbocycles. The summed E-state index contributed by atoms with van der Waals surface area (Å²) in [6.45, 7) is 1.77. The van der Waals surface area contributed by atoms with Crippen LogP contribution < -0.4 is 15.9 Å². The molecule has 0 radical (unpaired) electrons. The Hall–Kier alpha value is -3.20. The molecule has 2 aromatic heterocycles. The molecule has 0 saturated heterocycles. The highest BCUT2D eigenvalue weighted by atomic mass is 79.9. The Bertz CT molecular complexity index is 1170. The van der Waals surface area contributed by atoms with Crippen molar-refractivity contribution < 1.29 is 18.7 Å². The van der Waals surface area contributed by atoms with Crippen molar-refractivity contribution in [2.45, 2.75) is 26.2 Å².